The number of hydrogen-bond acceptors (Lipinski definition) is 5. The number of rotatable bonds is 4. The first-order valence-corrected chi connectivity index (χ1v) is 7.30. The molecule has 0 aliphatic rings. The van der Waals surface area contributed by atoms with Crippen LogP contribution in [0.25, 0.3) is 5.65 Å². The molecule has 0 amide bonds. The van der Waals surface area contributed by atoms with Crippen molar-refractivity contribution in [1.29, 1.82) is 0 Å². The van der Waals surface area contributed by atoms with Crippen molar-refractivity contribution in [2.45, 2.75) is 26.4 Å². The average molecular weight is 336 g/mol. The van der Waals surface area contributed by atoms with E-state index < -0.39 is 11.9 Å². The minimum Gasteiger partial charge on any atom is -0.369 e. The van der Waals surface area contributed by atoms with E-state index >= 15 is 0 Å². The Balaban J connectivity index is 1.74. The molecule has 0 unspecified atom stereocenters. The zero-order valence-electron chi connectivity index (χ0n) is 13.1. The molecule has 6 nitrogen and oxygen atoms in total. The quantitative estimate of drug-likeness (QED) is 0.793. The highest BCUT2D eigenvalue weighted by molar-refractivity contribution is 5.48. The van der Waals surface area contributed by atoms with Crippen LogP contribution in [0.15, 0.2) is 24.4 Å². The molecule has 0 aromatic carbocycles. The van der Waals surface area contributed by atoms with Crippen LogP contribution in [0, 0.1) is 13.8 Å². The van der Waals surface area contributed by atoms with Crippen LogP contribution in [0.3, 0.4) is 0 Å². The molecule has 0 saturated carbocycles. The van der Waals surface area contributed by atoms with E-state index in [1.54, 1.807) is 16.8 Å². The molecule has 0 aliphatic heterocycles. The summed E-state index contributed by atoms with van der Waals surface area (Å²) in [5.74, 6) is 0.864. The number of fused-ring (bicyclic) bond motifs is 1. The number of nitrogens with zero attached hydrogens (tertiary/aromatic N) is 5. The van der Waals surface area contributed by atoms with Crippen molar-refractivity contribution >= 4 is 11.5 Å². The Kier molecular flexibility index (Phi) is 4.08. The van der Waals surface area contributed by atoms with E-state index in [4.69, 9.17) is 0 Å². The van der Waals surface area contributed by atoms with Gasteiger partial charge in [-0.15, -0.1) is 0 Å². The van der Waals surface area contributed by atoms with Crippen molar-refractivity contribution in [3.8, 4) is 0 Å². The van der Waals surface area contributed by atoms with E-state index in [1.165, 1.54) is 6.92 Å². The van der Waals surface area contributed by atoms with Gasteiger partial charge in [0.05, 0.1) is 6.20 Å². The molecule has 0 bridgehead atoms. The van der Waals surface area contributed by atoms with E-state index in [2.05, 4.69) is 25.4 Å². The number of anilines is 1. The maximum Gasteiger partial charge on any atom is 0.433 e. The van der Waals surface area contributed by atoms with Gasteiger partial charge < -0.3 is 5.32 Å². The fourth-order valence-corrected chi connectivity index (χ4v) is 2.35. The lowest BCUT2D eigenvalue weighted by molar-refractivity contribution is -0.141. The molecule has 9 heteroatoms. The summed E-state index contributed by atoms with van der Waals surface area (Å²) in [5.41, 5.74) is 0.890. The second-order valence-electron chi connectivity index (χ2n) is 5.37. The Labute approximate surface area is 135 Å². The van der Waals surface area contributed by atoms with Crippen molar-refractivity contribution in [3.63, 3.8) is 0 Å². The molecule has 1 N–H and O–H groups in total. The van der Waals surface area contributed by atoms with E-state index in [9.17, 15) is 13.2 Å². The highest BCUT2D eigenvalue weighted by Crippen LogP contribution is 2.27. The third-order valence-corrected chi connectivity index (χ3v) is 3.33. The smallest absolute Gasteiger partial charge is 0.369 e. The molecule has 3 heterocycles. The van der Waals surface area contributed by atoms with Crippen molar-refractivity contribution in [3.05, 3.63) is 47.3 Å². The Morgan fingerprint density at radius 2 is 1.83 bits per heavy atom. The number of nitrogens with one attached hydrogen (secondary N) is 1. The SMILES string of the molecule is Cc1cc(C(F)(F)F)nc(CCNc2cc(C)nc3ccnn23)n1. The van der Waals surface area contributed by atoms with Crippen LogP contribution in [0.5, 0.6) is 0 Å². The highest BCUT2D eigenvalue weighted by Gasteiger charge is 2.33. The lowest BCUT2D eigenvalue weighted by atomic mass is 10.3. The molecule has 3 aromatic heterocycles. The van der Waals surface area contributed by atoms with Crippen LogP contribution in [0.1, 0.15) is 22.9 Å². The lowest BCUT2D eigenvalue weighted by Crippen LogP contribution is -2.15. The van der Waals surface area contributed by atoms with Crippen molar-refractivity contribution in [1.82, 2.24) is 24.6 Å². The first-order chi connectivity index (χ1) is 11.3. The summed E-state index contributed by atoms with van der Waals surface area (Å²) in [6.45, 7) is 3.75. The van der Waals surface area contributed by atoms with Crippen LogP contribution in [-0.4, -0.2) is 31.1 Å². The van der Waals surface area contributed by atoms with Gasteiger partial charge in [0, 0.05) is 36.5 Å². The zero-order chi connectivity index (χ0) is 17.3. The second kappa shape index (κ2) is 6.06. The molecule has 0 radical (unpaired) electrons. The van der Waals surface area contributed by atoms with Crippen molar-refractivity contribution < 1.29 is 13.2 Å². The van der Waals surface area contributed by atoms with Crippen LogP contribution in [0.4, 0.5) is 19.0 Å². The van der Waals surface area contributed by atoms with Crippen LogP contribution >= 0.6 is 0 Å². The summed E-state index contributed by atoms with van der Waals surface area (Å²) in [4.78, 5) is 12.0. The predicted molar refractivity (Wildman–Crippen MR) is 81.7 cm³/mol. The Bertz CT molecular complexity index is 871. The van der Waals surface area contributed by atoms with E-state index in [0.29, 0.717) is 23.7 Å². The third-order valence-electron chi connectivity index (χ3n) is 3.33. The average Bonchev–Trinajstić information content (AvgIpc) is 2.94. The molecule has 0 fully saturated rings. The Morgan fingerprint density at radius 1 is 1.08 bits per heavy atom. The van der Waals surface area contributed by atoms with Crippen molar-refractivity contribution in [2.75, 3.05) is 11.9 Å². The van der Waals surface area contributed by atoms with Gasteiger partial charge in [-0.2, -0.15) is 22.8 Å². The minimum atomic E-state index is -4.47. The summed E-state index contributed by atoms with van der Waals surface area (Å²) in [5, 5.41) is 7.30. The van der Waals surface area contributed by atoms with Gasteiger partial charge in [-0.1, -0.05) is 0 Å². The monoisotopic (exact) mass is 336 g/mol. The Morgan fingerprint density at radius 3 is 2.58 bits per heavy atom. The molecular formula is C15H15F3N6. The second-order valence-corrected chi connectivity index (χ2v) is 5.37. The number of hydrogen-bond donors (Lipinski definition) is 1. The van der Waals surface area contributed by atoms with E-state index in [-0.39, 0.29) is 12.2 Å². The first-order valence-electron chi connectivity index (χ1n) is 7.30. The minimum absolute atomic E-state index is 0.150. The van der Waals surface area contributed by atoms with Crippen molar-refractivity contribution in [2.24, 2.45) is 0 Å². The molecule has 0 atom stereocenters. The molecule has 126 valence electrons. The zero-order valence-corrected chi connectivity index (χ0v) is 13.1. The molecule has 3 aromatic rings. The number of alkyl halides is 3. The molecule has 24 heavy (non-hydrogen) atoms. The molecule has 3 rings (SSSR count). The molecule has 0 aliphatic carbocycles. The van der Waals surface area contributed by atoms with E-state index in [0.717, 1.165) is 11.8 Å². The summed E-state index contributed by atoms with van der Waals surface area (Å²) in [6.07, 6.45) is -2.58. The number of aryl methyl sites for hydroxylation is 2. The standard InChI is InChI=1S/C15H15F3N6/c1-9-7-11(15(16,17)18)23-12(21-9)3-5-19-14-8-10(2)22-13-4-6-20-24(13)14/h4,6-8,19H,3,5H2,1-2H3. The van der Waals surface area contributed by atoms with Gasteiger partial charge in [-0.25, -0.2) is 15.0 Å². The van der Waals surface area contributed by atoms with Crippen LogP contribution in [0.2, 0.25) is 0 Å². The third kappa shape index (κ3) is 3.44. The van der Waals surface area contributed by atoms with Gasteiger partial charge in [0.2, 0.25) is 0 Å². The van der Waals surface area contributed by atoms with Gasteiger partial charge >= 0.3 is 6.18 Å². The highest BCUT2D eigenvalue weighted by atomic mass is 19.4. The maximum atomic E-state index is 12.8. The van der Waals surface area contributed by atoms with Gasteiger partial charge in [-0.05, 0) is 19.9 Å². The molecule has 0 spiro atoms. The van der Waals surface area contributed by atoms with Gasteiger partial charge in [0.1, 0.15) is 17.3 Å². The topological polar surface area (TPSA) is 68.0 Å². The van der Waals surface area contributed by atoms with Crippen LogP contribution < -0.4 is 5.32 Å². The van der Waals surface area contributed by atoms with Crippen LogP contribution in [-0.2, 0) is 12.6 Å². The first kappa shape index (κ1) is 16.2. The van der Waals surface area contributed by atoms with E-state index in [1.807, 2.05) is 13.0 Å². The summed E-state index contributed by atoms with van der Waals surface area (Å²) in [6, 6.07) is 4.53. The summed E-state index contributed by atoms with van der Waals surface area (Å²) in [7, 11) is 0. The number of aromatic nitrogens is 5. The van der Waals surface area contributed by atoms with Gasteiger partial charge in [0.15, 0.2) is 5.65 Å². The summed E-state index contributed by atoms with van der Waals surface area (Å²) >= 11 is 0. The fourth-order valence-electron chi connectivity index (χ4n) is 2.35. The largest absolute Gasteiger partial charge is 0.433 e. The Hall–Kier alpha value is -2.71. The predicted octanol–water partition coefficient (Wildman–Crippen LogP) is 2.81. The molecular weight excluding hydrogens is 321 g/mol. The summed E-state index contributed by atoms with van der Waals surface area (Å²) < 4.78 is 40.0. The lowest BCUT2D eigenvalue weighted by Gasteiger charge is -2.11. The fraction of sp³-hybridized carbons (Fsp3) is 0.333. The normalized spacial score (nSPS) is 11.9. The van der Waals surface area contributed by atoms with Gasteiger partial charge in [-0.3, -0.25) is 0 Å². The molecule has 0 saturated heterocycles. The maximum absolute atomic E-state index is 12.8. The number of halogens is 3. The van der Waals surface area contributed by atoms with Gasteiger partial charge in [0.25, 0.3) is 0 Å².